The lowest BCUT2D eigenvalue weighted by atomic mass is 10.1. The zero-order chi connectivity index (χ0) is 9.80. The molecule has 0 aliphatic heterocycles. The van der Waals surface area contributed by atoms with Crippen LogP contribution >= 0.6 is 0 Å². The van der Waals surface area contributed by atoms with Crippen LogP contribution in [0.25, 0.3) is 0 Å². The monoisotopic (exact) mass is 184 g/mol. The van der Waals surface area contributed by atoms with Crippen LogP contribution in [0, 0.1) is 17.8 Å². The summed E-state index contributed by atoms with van der Waals surface area (Å²) in [5.41, 5.74) is 3.01. The van der Waals surface area contributed by atoms with Gasteiger partial charge in [-0.3, -0.25) is 0 Å². The minimum absolute atomic E-state index is 0.582. The Bertz CT molecular complexity index is 340. The fourth-order valence-corrected chi connectivity index (χ4v) is 2.00. The maximum Gasteiger partial charge on any atom is 0.0283 e. The van der Waals surface area contributed by atoms with E-state index in [0.717, 1.165) is 19.3 Å². The third-order valence-electron chi connectivity index (χ3n) is 2.73. The number of unbranched alkanes of at least 4 members (excludes halogenated alkanes) is 1. The fraction of sp³-hybridized carbons (Fsp3) is 0.429. The molecule has 1 aliphatic rings. The molecule has 0 heterocycles. The van der Waals surface area contributed by atoms with Crippen LogP contribution in [-0.4, -0.2) is 0 Å². The van der Waals surface area contributed by atoms with Crippen molar-refractivity contribution in [2.24, 2.45) is 5.92 Å². The van der Waals surface area contributed by atoms with E-state index in [0.29, 0.717) is 5.92 Å². The number of benzene rings is 1. The summed E-state index contributed by atoms with van der Waals surface area (Å²) in [6, 6.07) is 8.72. The van der Waals surface area contributed by atoms with Crippen molar-refractivity contribution in [3.63, 3.8) is 0 Å². The molecule has 1 aromatic carbocycles. The van der Waals surface area contributed by atoms with Gasteiger partial charge in [-0.25, -0.2) is 0 Å². The first-order valence-corrected chi connectivity index (χ1v) is 5.45. The highest BCUT2D eigenvalue weighted by molar-refractivity contribution is 5.34. The lowest BCUT2D eigenvalue weighted by Gasteiger charge is -1.95. The van der Waals surface area contributed by atoms with Gasteiger partial charge in [0.25, 0.3) is 0 Å². The van der Waals surface area contributed by atoms with Gasteiger partial charge in [0, 0.05) is 12.3 Å². The van der Waals surface area contributed by atoms with Gasteiger partial charge in [-0.2, -0.15) is 0 Å². The SMILES string of the molecule is CCCC#CC1Cc2ccccc2C1. The Balaban J connectivity index is 2.02. The van der Waals surface area contributed by atoms with E-state index in [2.05, 4.69) is 43.0 Å². The summed E-state index contributed by atoms with van der Waals surface area (Å²) < 4.78 is 0. The fourth-order valence-electron chi connectivity index (χ4n) is 2.00. The summed E-state index contributed by atoms with van der Waals surface area (Å²) in [6.45, 7) is 2.18. The lowest BCUT2D eigenvalue weighted by molar-refractivity contribution is 0.729. The van der Waals surface area contributed by atoms with Crippen LogP contribution < -0.4 is 0 Å². The zero-order valence-electron chi connectivity index (χ0n) is 8.72. The smallest absolute Gasteiger partial charge is 0.0283 e. The molecule has 0 atom stereocenters. The molecule has 0 nitrogen and oxygen atoms in total. The predicted octanol–water partition coefficient (Wildman–Crippen LogP) is 3.20. The average molecular weight is 184 g/mol. The molecule has 2 rings (SSSR count). The molecular formula is C14H16. The average Bonchev–Trinajstić information content (AvgIpc) is 2.60. The van der Waals surface area contributed by atoms with Crippen LogP contribution in [0.5, 0.6) is 0 Å². The number of hydrogen-bond acceptors (Lipinski definition) is 0. The molecule has 14 heavy (non-hydrogen) atoms. The van der Waals surface area contributed by atoms with E-state index in [1.54, 1.807) is 0 Å². The Kier molecular flexibility index (Phi) is 2.89. The molecule has 0 saturated carbocycles. The molecule has 0 aromatic heterocycles. The summed E-state index contributed by atoms with van der Waals surface area (Å²) in [5.74, 6) is 7.22. The highest BCUT2D eigenvalue weighted by Crippen LogP contribution is 2.25. The van der Waals surface area contributed by atoms with Gasteiger partial charge in [0.2, 0.25) is 0 Å². The third-order valence-corrected chi connectivity index (χ3v) is 2.73. The molecule has 0 spiro atoms. The number of rotatable bonds is 1. The van der Waals surface area contributed by atoms with Gasteiger partial charge in [0.15, 0.2) is 0 Å². The molecule has 0 N–H and O–H groups in total. The molecule has 1 aliphatic carbocycles. The first-order valence-electron chi connectivity index (χ1n) is 5.45. The summed E-state index contributed by atoms with van der Waals surface area (Å²) in [7, 11) is 0. The van der Waals surface area contributed by atoms with Crippen LogP contribution in [0.2, 0.25) is 0 Å². The van der Waals surface area contributed by atoms with E-state index in [1.165, 1.54) is 17.5 Å². The van der Waals surface area contributed by atoms with Crippen LogP contribution in [0.4, 0.5) is 0 Å². The van der Waals surface area contributed by atoms with E-state index in [9.17, 15) is 0 Å². The highest BCUT2D eigenvalue weighted by Gasteiger charge is 2.18. The van der Waals surface area contributed by atoms with Crippen LogP contribution in [0.15, 0.2) is 24.3 Å². The summed E-state index contributed by atoms with van der Waals surface area (Å²) >= 11 is 0. The van der Waals surface area contributed by atoms with Crippen molar-refractivity contribution in [1.29, 1.82) is 0 Å². The van der Waals surface area contributed by atoms with E-state index < -0.39 is 0 Å². The molecule has 0 saturated heterocycles. The van der Waals surface area contributed by atoms with Crippen LogP contribution in [-0.2, 0) is 12.8 Å². The van der Waals surface area contributed by atoms with Crippen molar-refractivity contribution in [3.05, 3.63) is 35.4 Å². The minimum Gasteiger partial charge on any atom is -0.103 e. The maximum atomic E-state index is 3.38. The Morgan fingerprint density at radius 2 is 1.86 bits per heavy atom. The Morgan fingerprint density at radius 3 is 2.43 bits per heavy atom. The molecule has 0 radical (unpaired) electrons. The quantitative estimate of drug-likeness (QED) is 0.588. The largest absolute Gasteiger partial charge is 0.103 e. The van der Waals surface area contributed by atoms with Gasteiger partial charge in [0.05, 0.1) is 0 Å². The number of fused-ring (bicyclic) bond motifs is 1. The Morgan fingerprint density at radius 1 is 1.21 bits per heavy atom. The van der Waals surface area contributed by atoms with Gasteiger partial charge >= 0.3 is 0 Å². The minimum atomic E-state index is 0.582. The van der Waals surface area contributed by atoms with E-state index in [4.69, 9.17) is 0 Å². The Labute approximate surface area is 86.3 Å². The van der Waals surface area contributed by atoms with Crippen molar-refractivity contribution >= 4 is 0 Å². The molecule has 0 fully saturated rings. The van der Waals surface area contributed by atoms with Gasteiger partial charge in [0.1, 0.15) is 0 Å². The summed E-state index contributed by atoms with van der Waals surface area (Å²) in [4.78, 5) is 0. The summed E-state index contributed by atoms with van der Waals surface area (Å²) in [6.07, 6.45) is 4.54. The topological polar surface area (TPSA) is 0 Å². The second kappa shape index (κ2) is 4.33. The van der Waals surface area contributed by atoms with Crippen molar-refractivity contribution in [3.8, 4) is 11.8 Å². The van der Waals surface area contributed by atoms with Gasteiger partial charge in [-0.15, -0.1) is 5.92 Å². The second-order valence-electron chi connectivity index (χ2n) is 3.94. The highest BCUT2D eigenvalue weighted by atomic mass is 14.2. The molecule has 0 amide bonds. The van der Waals surface area contributed by atoms with Gasteiger partial charge in [-0.05, 0) is 30.4 Å². The first kappa shape index (κ1) is 9.34. The molecule has 0 unspecified atom stereocenters. The van der Waals surface area contributed by atoms with Crippen LogP contribution in [0.3, 0.4) is 0 Å². The Hall–Kier alpha value is -1.22. The predicted molar refractivity (Wildman–Crippen MR) is 60.0 cm³/mol. The van der Waals surface area contributed by atoms with E-state index in [-0.39, 0.29) is 0 Å². The van der Waals surface area contributed by atoms with Crippen molar-refractivity contribution in [2.45, 2.75) is 32.6 Å². The third kappa shape index (κ3) is 1.99. The van der Waals surface area contributed by atoms with Crippen LogP contribution in [0.1, 0.15) is 30.9 Å². The molecule has 72 valence electrons. The van der Waals surface area contributed by atoms with Crippen molar-refractivity contribution in [2.75, 3.05) is 0 Å². The summed E-state index contributed by atoms with van der Waals surface area (Å²) in [5, 5.41) is 0. The van der Waals surface area contributed by atoms with Crippen molar-refractivity contribution < 1.29 is 0 Å². The molecule has 0 bridgehead atoms. The normalized spacial score (nSPS) is 14.6. The standard InChI is InChI=1S/C14H16/c1-2-3-4-7-12-10-13-8-5-6-9-14(13)11-12/h5-6,8-9,12H,2-3,10-11H2,1H3. The van der Waals surface area contributed by atoms with Gasteiger partial charge < -0.3 is 0 Å². The second-order valence-corrected chi connectivity index (χ2v) is 3.94. The van der Waals surface area contributed by atoms with E-state index in [1.807, 2.05) is 0 Å². The maximum absolute atomic E-state index is 3.38. The van der Waals surface area contributed by atoms with E-state index >= 15 is 0 Å². The molecule has 1 aromatic rings. The molecule has 0 heteroatoms. The lowest BCUT2D eigenvalue weighted by Crippen LogP contribution is -1.94. The van der Waals surface area contributed by atoms with Crippen molar-refractivity contribution in [1.82, 2.24) is 0 Å². The van der Waals surface area contributed by atoms with Gasteiger partial charge in [-0.1, -0.05) is 37.1 Å². The first-order chi connectivity index (χ1) is 6.90. The molecular weight excluding hydrogens is 168 g/mol. The number of hydrogen-bond donors (Lipinski definition) is 0. The zero-order valence-corrected chi connectivity index (χ0v) is 8.72.